The van der Waals surface area contributed by atoms with E-state index >= 15 is 0 Å². The fraction of sp³-hybridized carbons (Fsp3) is 0.333. The number of hydrogen-bond acceptors (Lipinski definition) is 5. The van der Waals surface area contributed by atoms with Gasteiger partial charge in [0.15, 0.2) is 0 Å². The third-order valence-electron chi connectivity index (χ3n) is 5.47. The second-order valence-electron chi connectivity index (χ2n) is 7.80. The number of nitrogens with zero attached hydrogens (tertiary/aromatic N) is 3. The van der Waals surface area contributed by atoms with E-state index in [4.69, 9.17) is 19.8 Å². The van der Waals surface area contributed by atoms with Crippen LogP contribution in [0.4, 0.5) is 0 Å². The van der Waals surface area contributed by atoms with Crippen LogP contribution in [0.1, 0.15) is 18.4 Å². The molecule has 1 saturated heterocycles. The smallest absolute Gasteiger partial charge is 0.414 e. The van der Waals surface area contributed by atoms with Gasteiger partial charge in [0.25, 0.3) is 0 Å². The molecule has 9 heteroatoms. The maximum absolute atomic E-state index is 12.5. The lowest BCUT2D eigenvalue weighted by Gasteiger charge is -2.32. The summed E-state index contributed by atoms with van der Waals surface area (Å²) >= 11 is 1.71. The Morgan fingerprint density at radius 1 is 0.939 bits per heavy atom. The topological polar surface area (TPSA) is 113 Å². The van der Waals surface area contributed by atoms with Crippen LogP contribution in [0.15, 0.2) is 60.9 Å². The lowest BCUT2D eigenvalue weighted by molar-refractivity contribution is -0.159. The van der Waals surface area contributed by atoms with Crippen LogP contribution < -0.4 is 0 Å². The number of hydrogen-bond donors (Lipinski definition) is 2. The van der Waals surface area contributed by atoms with E-state index in [2.05, 4.69) is 39.9 Å². The van der Waals surface area contributed by atoms with Crippen LogP contribution in [0.2, 0.25) is 0 Å². The van der Waals surface area contributed by atoms with Crippen molar-refractivity contribution in [2.45, 2.75) is 25.1 Å². The number of rotatable bonds is 6. The van der Waals surface area contributed by atoms with Crippen LogP contribution in [0, 0.1) is 5.92 Å². The molecule has 0 radical (unpaired) electrons. The number of para-hydroxylation sites is 2. The molecular weight excluding hydrogens is 442 g/mol. The molecule has 2 aromatic carbocycles. The highest BCUT2D eigenvalue weighted by Crippen LogP contribution is 2.22. The van der Waals surface area contributed by atoms with Gasteiger partial charge >= 0.3 is 11.9 Å². The van der Waals surface area contributed by atoms with Crippen molar-refractivity contribution in [1.29, 1.82) is 0 Å². The molecule has 1 aliphatic rings. The van der Waals surface area contributed by atoms with Gasteiger partial charge in [-0.15, -0.1) is 11.8 Å². The summed E-state index contributed by atoms with van der Waals surface area (Å²) in [4.78, 5) is 37.2. The summed E-state index contributed by atoms with van der Waals surface area (Å²) in [7, 11) is 0. The third kappa shape index (κ3) is 7.35. The maximum atomic E-state index is 12.5. The van der Waals surface area contributed by atoms with Crippen molar-refractivity contribution in [2.24, 2.45) is 5.92 Å². The Morgan fingerprint density at radius 2 is 1.58 bits per heavy atom. The van der Waals surface area contributed by atoms with Crippen molar-refractivity contribution in [3.05, 3.63) is 66.5 Å². The Kier molecular flexibility index (Phi) is 8.88. The van der Waals surface area contributed by atoms with Crippen molar-refractivity contribution in [3.63, 3.8) is 0 Å². The van der Waals surface area contributed by atoms with Gasteiger partial charge in [-0.25, -0.2) is 14.6 Å². The number of carboxylic acids is 2. The Bertz CT molecular complexity index is 1070. The van der Waals surface area contributed by atoms with Crippen LogP contribution in [0.5, 0.6) is 0 Å². The van der Waals surface area contributed by atoms with E-state index in [0.717, 1.165) is 43.7 Å². The van der Waals surface area contributed by atoms with Gasteiger partial charge in [0.1, 0.15) is 0 Å². The summed E-state index contributed by atoms with van der Waals surface area (Å²) in [5, 5.41) is 14.8. The van der Waals surface area contributed by atoms with Gasteiger partial charge in [0, 0.05) is 25.4 Å². The number of piperidine rings is 1. The number of carbonyl (C=O) groups excluding carboxylic acids is 1. The molecule has 33 heavy (non-hydrogen) atoms. The Balaban J connectivity index is 0.000000454. The first kappa shape index (κ1) is 24.3. The van der Waals surface area contributed by atoms with Crippen LogP contribution in [-0.4, -0.2) is 61.4 Å². The zero-order valence-corrected chi connectivity index (χ0v) is 19.0. The average molecular weight is 470 g/mol. The first-order chi connectivity index (χ1) is 15.9. The number of thioether (sulfide) groups is 1. The molecule has 1 aliphatic heterocycles. The van der Waals surface area contributed by atoms with Crippen LogP contribution >= 0.6 is 11.8 Å². The van der Waals surface area contributed by atoms with Crippen LogP contribution in [-0.2, 0) is 26.7 Å². The number of aromatic nitrogens is 2. The number of amides is 1. The fourth-order valence-corrected chi connectivity index (χ4v) is 4.61. The van der Waals surface area contributed by atoms with Crippen LogP contribution in [0.3, 0.4) is 0 Å². The molecule has 0 bridgehead atoms. The summed E-state index contributed by atoms with van der Waals surface area (Å²) in [6, 6.07) is 18.6. The van der Waals surface area contributed by atoms with E-state index < -0.39 is 11.9 Å². The van der Waals surface area contributed by atoms with Gasteiger partial charge in [0.05, 0.1) is 23.1 Å². The van der Waals surface area contributed by atoms with Gasteiger partial charge in [-0.3, -0.25) is 4.79 Å². The highest BCUT2D eigenvalue weighted by molar-refractivity contribution is 7.99. The van der Waals surface area contributed by atoms with E-state index in [1.165, 1.54) is 11.1 Å². The summed E-state index contributed by atoms with van der Waals surface area (Å²) in [5.41, 5.74) is 3.54. The molecule has 8 nitrogen and oxygen atoms in total. The Morgan fingerprint density at radius 3 is 2.24 bits per heavy atom. The minimum atomic E-state index is -1.82. The molecule has 0 atom stereocenters. The van der Waals surface area contributed by atoms with Gasteiger partial charge in [-0.1, -0.05) is 42.5 Å². The third-order valence-corrected chi connectivity index (χ3v) is 6.46. The molecule has 1 fully saturated rings. The molecular formula is C24H27N3O5S. The lowest BCUT2D eigenvalue weighted by Crippen LogP contribution is -2.40. The predicted molar refractivity (Wildman–Crippen MR) is 127 cm³/mol. The number of benzene rings is 2. The molecule has 0 saturated carbocycles. The normalized spacial score (nSPS) is 13.9. The molecule has 0 aliphatic carbocycles. The second-order valence-corrected chi connectivity index (χ2v) is 8.78. The summed E-state index contributed by atoms with van der Waals surface area (Å²) < 4.78 is 2.26. The van der Waals surface area contributed by atoms with E-state index in [-0.39, 0.29) is 5.91 Å². The molecule has 1 aromatic heterocycles. The Labute approximate surface area is 196 Å². The number of aliphatic carboxylic acids is 2. The number of carboxylic acid groups (broad SMARTS) is 2. The van der Waals surface area contributed by atoms with Gasteiger partial charge in [-0.05, 0) is 36.5 Å². The largest absolute Gasteiger partial charge is 0.473 e. The van der Waals surface area contributed by atoms with Crippen molar-refractivity contribution in [1.82, 2.24) is 14.5 Å². The van der Waals surface area contributed by atoms with E-state index in [1.807, 2.05) is 35.5 Å². The first-order valence-corrected chi connectivity index (χ1v) is 11.8. The SMILES string of the molecule is O=C(CSCc1ccccc1)N1CCC(Cn2cnc3ccccc32)CC1.O=C(O)C(=O)O. The van der Waals surface area contributed by atoms with Crippen molar-refractivity contribution in [3.8, 4) is 0 Å². The second kappa shape index (κ2) is 12.1. The van der Waals surface area contributed by atoms with Gasteiger partial charge in [0.2, 0.25) is 5.91 Å². The highest BCUT2D eigenvalue weighted by Gasteiger charge is 2.23. The minimum Gasteiger partial charge on any atom is -0.473 e. The standard InChI is InChI=1S/C22H25N3OS.C2H2O4/c26-22(16-27-15-19-6-2-1-3-7-19)24-12-10-18(11-13-24)14-25-17-23-20-8-4-5-9-21(20)25;3-1(4)2(5)6/h1-9,17-18H,10-16H2;(H,3,4)(H,5,6). The molecule has 2 N–H and O–H groups in total. The minimum absolute atomic E-state index is 0.280. The Hall–Kier alpha value is -3.33. The molecule has 174 valence electrons. The summed E-state index contributed by atoms with van der Waals surface area (Å²) in [6.45, 7) is 2.75. The van der Waals surface area contributed by atoms with Crippen molar-refractivity contribution in [2.75, 3.05) is 18.8 Å². The zero-order chi connectivity index (χ0) is 23.6. The van der Waals surface area contributed by atoms with Crippen molar-refractivity contribution < 1.29 is 24.6 Å². The maximum Gasteiger partial charge on any atom is 0.414 e. The highest BCUT2D eigenvalue weighted by atomic mass is 32.2. The van der Waals surface area contributed by atoms with E-state index in [1.54, 1.807) is 11.8 Å². The molecule has 0 spiro atoms. The summed E-state index contributed by atoms with van der Waals surface area (Å²) in [6.07, 6.45) is 4.09. The monoisotopic (exact) mass is 469 g/mol. The number of imidazole rings is 1. The van der Waals surface area contributed by atoms with Gasteiger partial charge in [-0.2, -0.15) is 0 Å². The van der Waals surface area contributed by atoms with E-state index in [9.17, 15) is 4.79 Å². The first-order valence-electron chi connectivity index (χ1n) is 10.7. The van der Waals surface area contributed by atoms with Gasteiger partial charge < -0.3 is 19.7 Å². The molecule has 4 rings (SSSR count). The number of fused-ring (bicyclic) bond motifs is 1. The number of carbonyl (C=O) groups is 3. The van der Waals surface area contributed by atoms with E-state index in [0.29, 0.717) is 11.7 Å². The van der Waals surface area contributed by atoms with Crippen LogP contribution in [0.25, 0.3) is 11.0 Å². The fourth-order valence-electron chi connectivity index (χ4n) is 3.72. The molecule has 2 heterocycles. The molecule has 3 aromatic rings. The zero-order valence-electron chi connectivity index (χ0n) is 18.2. The molecule has 1 amide bonds. The number of likely N-dealkylation sites (tertiary alicyclic amines) is 1. The lowest BCUT2D eigenvalue weighted by atomic mass is 9.96. The summed E-state index contributed by atoms with van der Waals surface area (Å²) in [5.74, 6) is -1.28. The predicted octanol–water partition coefficient (Wildman–Crippen LogP) is 3.36. The molecule has 0 unspecified atom stereocenters. The quantitative estimate of drug-likeness (QED) is 0.532. The average Bonchev–Trinajstić information content (AvgIpc) is 3.23. The van der Waals surface area contributed by atoms with Crippen molar-refractivity contribution >= 4 is 40.6 Å².